The molecule has 2 aliphatic carbocycles. The van der Waals surface area contributed by atoms with E-state index < -0.39 is 0 Å². The summed E-state index contributed by atoms with van der Waals surface area (Å²) >= 11 is 0. The topological polar surface area (TPSA) is 30.7 Å². The maximum Gasteiger partial charge on any atom is 0.160 e. The van der Waals surface area contributed by atoms with Crippen molar-refractivity contribution in [2.45, 2.75) is 25.7 Å². The van der Waals surface area contributed by atoms with Crippen molar-refractivity contribution in [2.75, 3.05) is 0 Å². The van der Waals surface area contributed by atoms with E-state index in [-0.39, 0.29) is 5.41 Å². The fraction of sp³-hybridized carbons (Fsp3) is 0.0800. The molecule has 53 heavy (non-hydrogen) atoms. The minimum absolute atomic E-state index is 0.101. The van der Waals surface area contributed by atoms with Crippen molar-refractivity contribution in [1.82, 2.24) is 14.5 Å². The molecule has 0 spiro atoms. The molecule has 0 unspecified atom stereocenters. The predicted molar refractivity (Wildman–Crippen MR) is 220 cm³/mol. The van der Waals surface area contributed by atoms with Gasteiger partial charge in [0, 0.05) is 44.1 Å². The Kier molecular flexibility index (Phi) is 6.36. The Balaban J connectivity index is 1.17. The summed E-state index contributed by atoms with van der Waals surface area (Å²) < 4.78 is 2.47. The van der Waals surface area contributed by atoms with Gasteiger partial charge in [-0.2, -0.15) is 0 Å². The van der Waals surface area contributed by atoms with E-state index in [1.54, 1.807) is 0 Å². The molecule has 250 valence electrons. The number of fused-ring (bicyclic) bond motifs is 8. The highest BCUT2D eigenvalue weighted by molar-refractivity contribution is 6.20. The van der Waals surface area contributed by atoms with Crippen LogP contribution >= 0.6 is 0 Å². The maximum absolute atomic E-state index is 5.17. The van der Waals surface area contributed by atoms with Crippen LogP contribution in [-0.2, 0) is 11.8 Å². The summed E-state index contributed by atoms with van der Waals surface area (Å²) in [6.45, 7) is 4.80. The Morgan fingerprint density at radius 2 is 1.25 bits per heavy atom. The molecule has 2 aromatic heterocycles. The number of rotatable bonds is 4. The standard InChI is InChI=1S/C50H35N3/c1-50(2)42-25-11-9-22-36(42)39-28-33-19-14-24-38-46(33)41(47(39)50)29-40-37-23-10-12-26-45(37)53(48(38)40)35-21-13-20-34(27-35)49-51-43(31-15-5-3-6-16-31)30-44(52-49)32-17-7-4-8-18-32/h3-18,20-30H,19H2,1-2H3. The highest BCUT2D eigenvalue weighted by Crippen LogP contribution is 2.54. The molecule has 7 aromatic carbocycles. The van der Waals surface area contributed by atoms with Gasteiger partial charge in [0.2, 0.25) is 0 Å². The van der Waals surface area contributed by atoms with Crippen molar-refractivity contribution in [3.63, 3.8) is 0 Å². The molecule has 0 N–H and O–H groups in total. The van der Waals surface area contributed by atoms with Crippen molar-refractivity contribution in [1.29, 1.82) is 0 Å². The summed E-state index contributed by atoms with van der Waals surface area (Å²) in [5, 5.41) is 5.29. The Morgan fingerprint density at radius 1 is 0.566 bits per heavy atom. The van der Waals surface area contributed by atoms with Gasteiger partial charge in [0.15, 0.2) is 5.82 Å². The molecule has 0 saturated carbocycles. The number of aromatic nitrogens is 3. The summed E-state index contributed by atoms with van der Waals surface area (Å²) in [5.74, 6) is 0.708. The number of para-hydroxylation sites is 1. The van der Waals surface area contributed by atoms with Crippen LogP contribution < -0.4 is 0 Å². The molecule has 11 rings (SSSR count). The average molecular weight is 678 g/mol. The van der Waals surface area contributed by atoms with Crippen molar-refractivity contribution in [2.24, 2.45) is 0 Å². The number of hydrogen-bond donors (Lipinski definition) is 0. The van der Waals surface area contributed by atoms with Crippen LogP contribution in [0.15, 0.2) is 158 Å². The molecular weight excluding hydrogens is 643 g/mol. The fourth-order valence-corrected chi connectivity index (χ4v) is 9.22. The van der Waals surface area contributed by atoms with Gasteiger partial charge in [0.25, 0.3) is 0 Å². The van der Waals surface area contributed by atoms with Gasteiger partial charge in [0.1, 0.15) is 0 Å². The van der Waals surface area contributed by atoms with E-state index in [1.165, 1.54) is 66.0 Å². The zero-order chi connectivity index (χ0) is 35.3. The smallest absolute Gasteiger partial charge is 0.160 e. The second kappa shape index (κ2) is 11.2. The van der Waals surface area contributed by atoms with Crippen molar-refractivity contribution in [3.8, 4) is 50.7 Å². The number of hydrogen-bond acceptors (Lipinski definition) is 2. The van der Waals surface area contributed by atoms with E-state index in [2.05, 4.69) is 170 Å². The van der Waals surface area contributed by atoms with Gasteiger partial charge < -0.3 is 4.57 Å². The van der Waals surface area contributed by atoms with Crippen molar-refractivity contribution < 1.29 is 0 Å². The van der Waals surface area contributed by atoms with Gasteiger partial charge in [-0.15, -0.1) is 0 Å². The van der Waals surface area contributed by atoms with Crippen LogP contribution in [0, 0.1) is 0 Å². The van der Waals surface area contributed by atoms with Gasteiger partial charge >= 0.3 is 0 Å². The van der Waals surface area contributed by atoms with Crippen molar-refractivity contribution >= 4 is 38.7 Å². The maximum atomic E-state index is 5.17. The summed E-state index contributed by atoms with van der Waals surface area (Å²) in [5.41, 5.74) is 16.7. The van der Waals surface area contributed by atoms with Crippen LogP contribution in [0.2, 0.25) is 0 Å². The van der Waals surface area contributed by atoms with E-state index in [9.17, 15) is 0 Å². The van der Waals surface area contributed by atoms with Crippen LogP contribution in [0.5, 0.6) is 0 Å². The van der Waals surface area contributed by atoms with Crippen molar-refractivity contribution in [3.05, 3.63) is 180 Å². The van der Waals surface area contributed by atoms with Crippen LogP contribution in [0.4, 0.5) is 0 Å². The monoisotopic (exact) mass is 677 g/mol. The lowest BCUT2D eigenvalue weighted by Gasteiger charge is -2.26. The number of nitrogens with zero attached hydrogens (tertiary/aromatic N) is 3. The molecule has 2 heterocycles. The van der Waals surface area contributed by atoms with E-state index in [0.717, 1.165) is 40.2 Å². The van der Waals surface area contributed by atoms with E-state index in [4.69, 9.17) is 9.97 Å². The molecule has 0 amide bonds. The zero-order valence-electron chi connectivity index (χ0n) is 29.6. The third-order valence-corrected chi connectivity index (χ3v) is 11.5. The average Bonchev–Trinajstić information content (AvgIpc) is 3.67. The summed E-state index contributed by atoms with van der Waals surface area (Å²) in [7, 11) is 0. The van der Waals surface area contributed by atoms with Gasteiger partial charge in [0.05, 0.1) is 22.4 Å². The lowest BCUT2D eigenvalue weighted by molar-refractivity contribution is 0.666. The van der Waals surface area contributed by atoms with E-state index >= 15 is 0 Å². The van der Waals surface area contributed by atoms with Gasteiger partial charge in [-0.1, -0.05) is 141 Å². The third kappa shape index (κ3) is 4.41. The Morgan fingerprint density at radius 3 is 2.02 bits per heavy atom. The summed E-state index contributed by atoms with van der Waals surface area (Å²) in [6, 6.07) is 54.5. The Bertz CT molecular complexity index is 2930. The first kappa shape index (κ1) is 30.1. The molecular formula is C50H35N3. The molecule has 0 atom stereocenters. The largest absolute Gasteiger partial charge is 0.309 e. The SMILES string of the molecule is CC1(C)c2ccccc2-c2cc3c4c(c5c(cc4c21)c1ccccc1n5-c1cccc(-c2nc(-c4ccccc4)cc(-c4ccccc4)n2)c1)C=CC3. The fourth-order valence-electron chi connectivity index (χ4n) is 9.22. The lowest BCUT2D eigenvalue weighted by Crippen LogP contribution is -2.16. The highest BCUT2D eigenvalue weighted by atomic mass is 15.0. The normalized spacial score (nSPS) is 13.8. The Labute approximate surface area is 308 Å². The van der Waals surface area contributed by atoms with Crippen LogP contribution in [0.1, 0.15) is 36.1 Å². The minimum atomic E-state index is -0.101. The molecule has 9 aromatic rings. The van der Waals surface area contributed by atoms with Gasteiger partial charge in [-0.3, -0.25) is 0 Å². The summed E-state index contributed by atoms with van der Waals surface area (Å²) in [4.78, 5) is 10.3. The first-order chi connectivity index (χ1) is 26.0. The summed E-state index contributed by atoms with van der Waals surface area (Å²) in [6.07, 6.45) is 5.65. The molecule has 0 fully saturated rings. The second-order valence-electron chi connectivity index (χ2n) is 14.9. The van der Waals surface area contributed by atoms with Crippen LogP contribution in [0.3, 0.4) is 0 Å². The van der Waals surface area contributed by atoms with E-state index in [1.807, 2.05) is 12.1 Å². The first-order valence-corrected chi connectivity index (χ1v) is 18.5. The highest BCUT2D eigenvalue weighted by Gasteiger charge is 2.38. The molecule has 0 aliphatic heterocycles. The molecule has 0 bridgehead atoms. The van der Waals surface area contributed by atoms with Gasteiger partial charge in [-0.05, 0) is 81.4 Å². The lowest BCUT2D eigenvalue weighted by atomic mass is 9.78. The molecule has 0 radical (unpaired) electrons. The van der Waals surface area contributed by atoms with E-state index in [0.29, 0.717) is 5.82 Å². The zero-order valence-corrected chi connectivity index (χ0v) is 29.6. The van der Waals surface area contributed by atoms with Crippen LogP contribution in [0.25, 0.3) is 89.4 Å². The third-order valence-electron chi connectivity index (χ3n) is 11.5. The van der Waals surface area contributed by atoms with Crippen LogP contribution in [-0.4, -0.2) is 14.5 Å². The minimum Gasteiger partial charge on any atom is -0.309 e. The predicted octanol–water partition coefficient (Wildman–Crippen LogP) is 12.6. The number of benzene rings is 7. The first-order valence-electron chi connectivity index (χ1n) is 18.5. The van der Waals surface area contributed by atoms with Gasteiger partial charge in [-0.25, -0.2) is 9.97 Å². The second-order valence-corrected chi connectivity index (χ2v) is 14.9. The quantitative estimate of drug-likeness (QED) is 0.186. The number of allylic oxidation sites excluding steroid dienone is 1. The molecule has 0 saturated heterocycles. The molecule has 3 nitrogen and oxygen atoms in total. The molecule has 2 aliphatic rings. The Hall–Kier alpha value is -6.58. The molecule has 3 heteroatoms.